The van der Waals surface area contributed by atoms with E-state index in [1.807, 2.05) is 0 Å². The smallest absolute Gasteiger partial charge is 0.191 e. The highest BCUT2D eigenvalue weighted by Gasteiger charge is 2.13. The number of rotatable bonds is 4. The molecule has 2 rings (SSSR count). The van der Waals surface area contributed by atoms with E-state index in [1.54, 1.807) is 0 Å². The van der Waals surface area contributed by atoms with Gasteiger partial charge in [0.2, 0.25) is 0 Å². The van der Waals surface area contributed by atoms with Crippen molar-refractivity contribution in [2.45, 2.75) is 11.9 Å². The quantitative estimate of drug-likeness (QED) is 0.619. The molecular weight excluding hydrogens is 401 g/mol. The fourth-order valence-corrected chi connectivity index (χ4v) is 2.41. The van der Waals surface area contributed by atoms with Gasteiger partial charge in [0.05, 0.1) is 0 Å². The first-order chi connectivity index (χ1) is 9.51. The molecule has 0 amide bonds. The molecule has 0 fully saturated rings. The van der Waals surface area contributed by atoms with Crippen LogP contribution in [0.4, 0.5) is 13.2 Å². The molecule has 1 nitrogen and oxygen atoms in total. The number of halogens is 5. The van der Waals surface area contributed by atoms with Crippen LogP contribution in [-0.4, -0.2) is 0 Å². The summed E-state index contributed by atoms with van der Waals surface area (Å²) in [5.74, 6) is -2.37. The first kappa shape index (κ1) is 15.4. The first-order valence-electron chi connectivity index (χ1n) is 5.62. The molecule has 0 aliphatic rings. The van der Waals surface area contributed by atoms with Gasteiger partial charge in [-0.25, -0.2) is 13.2 Å². The van der Waals surface area contributed by atoms with Gasteiger partial charge in [0, 0.05) is 15.4 Å². The molecule has 0 saturated heterocycles. The second-order valence-electron chi connectivity index (χ2n) is 4.05. The van der Waals surface area contributed by atoms with Crippen molar-refractivity contribution in [3.05, 3.63) is 63.4 Å². The Bertz CT molecular complexity index is 609. The summed E-state index contributed by atoms with van der Waals surface area (Å²) >= 11 is 6.29. The van der Waals surface area contributed by atoms with E-state index in [0.29, 0.717) is 20.9 Å². The summed E-state index contributed by atoms with van der Waals surface area (Å²) < 4.78 is 46.0. The van der Waals surface area contributed by atoms with E-state index in [9.17, 15) is 13.2 Å². The van der Waals surface area contributed by atoms with Gasteiger partial charge in [-0.15, -0.1) is 0 Å². The van der Waals surface area contributed by atoms with Crippen molar-refractivity contribution < 1.29 is 17.9 Å². The Hall–Kier alpha value is -1.01. The average molecular weight is 410 g/mol. The molecule has 106 valence electrons. The lowest BCUT2D eigenvalue weighted by molar-refractivity contribution is 0.273. The molecular formula is C14H9Br2F3O. The Labute approximate surface area is 131 Å². The monoisotopic (exact) mass is 408 g/mol. The minimum atomic E-state index is -0.766. The van der Waals surface area contributed by atoms with Crippen LogP contribution in [0.3, 0.4) is 0 Å². The van der Waals surface area contributed by atoms with Crippen LogP contribution in [0.1, 0.15) is 11.1 Å². The Balaban J connectivity index is 2.19. The van der Waals surface area contributed by atoms with E-state index in [2.05, 4.69) is 31.9 Å². The molecule has 0 radical (unpaired) electrons. The van der Waals surface area contributed by atoms with E-state index in [-0.39, 0.29) is 6.61 Å². The summed E-state index contributed by atoms with van der Waals surface area (Å²) in [5.41, 5.74) is 1.07. The molecule has 0 aliphatic carbocycles. The van der Waals surface area contributed by atoms with Crippen molar-refractivity contribution in [1.82, 2.24) is 0 Å². The van der Waals surface area contributed by atoms with E-state index < -0.39 is 23.2 Å². The maximum Gasteiger partial charge on any atom is 0.191 e. The fourth-order valence-electron chi connectivity index (χ4n) is 1.62. The zero-order valence-corrected chi connectivity index (χ0v) is 13.3. The molecule has 0 N–H and O–H groups in total. The predicted molar refractivity (Wildman–Crippen MR) is 77.4 cm³/mol. The first-order valence-corrected chi connectivity index (χ1v) is 7.53. The highest BCUT2D eigenvalue weighted by Crippen LogP contribution is 2.26. The van der Waals surface area contributed by atoms with Crippen LogP contribution < -0.4 is 4.74 Å². The Morgan fingerprint density at radius 2 is 1.65 bits per heavy atom. The van der Waals surface area contributed by atoms with Crippen LogP contribution in [0, 0.1) is 17.5 Å². The molecule has 2 aromatic rings. The van der Waals surface area contributed by atoms with Crippen LogP contribution in [0.5, 0.6) is 5.75 Å². The van der Waals surface area contributed by atoms with Crippen LogP contribution in [0.25, 0.3) is 0 Å². The van der Waals surface area contributed by atoms with Crippen LogP contribution >= 0.6 is 31.9 Å². The van der Waals surface area contributed by atoms with Crippen molar-refractivity contribution in [2.75, 3.05) is 0 Å². The minimum Gasteiger partial charge on any atom is -0.483 e. The largest absolute Gasteiger partial charge is 0.483 e. The molecule has 0 spiro atoms. The SMILES string of the molecule is Fc1ccc(COc2c(F)cc(CBr)cc2F)c(Br)c1. The van der Waals surface area contributed by atoms with Crippen molar-refractivity contribution >= 4 is 31.9 Å². The molecule has 0 atom stereocenters. The second-order valence-corrected chi connectivity index (χ2v) is 5.46. The lowest BCUT2D eigenvalue weighted by Crippen LogP contribution is -2.01. The van der Waals surface area contributed by atoms with E-state index in [1.165, 1.54) is 30.3 Å². The average Bonchev–Trinajstić information content (AvgIpc) is 2.39. The Morgan fingerprint density at radius 3 is 2.20 bits per heavy atom. The van der Waals surface area contributed by atoms with Crippen molar-refractivity contribution in [3.8, 4) is 5.75 Å². The summed E-state index contributed by atoms with van der Waals surface area (Å²) in [6, 6.07) is 6.41. The molecule has 2 aromatic carbocycles. The van der Waals surface area contributed by atoms with Crippen LogP contribution in [0.2, 0.25) is 0 Å². The van der Waals surface area contributed by atoms with Gasteiger partial charge in [-0.2, -0.15) is 0 Å². The van der Waals surface area contributed by atoms with Gasteiger partial charge in [0.15, 0.2) is 17.4 Å². The summed E-state index contributed by atoms with van der Waals surface area (Å²) in [6.07, 6.45) is 0. The second kappa shape index (κ2) is 6.63. The van der Waals surface area contributed by atoms with Crippen LogP contribution in [-0.2, 0) is 11.9 Å². The number of benzene rings is 2. The molecule has 0 aromatic heterocycles. The van der Waals surface area contributed by atoms with Gasteiger partial charge in [-0.05, 0) is 29.8 Å². The third-order valence-electron chi connectivity index (χ3n) is 2.60. The summed E-state index contributed by atoms with van der Waals surface area (Å²) in [5, 5.41) is 0.352. The topological polar surface area (TPSA) is 9.23 Å². The number of hydrogen-bond acceptors (Lipinski definition) is 1. The van der Waals surface area contributed by atoms with Gasteiger partial charge in [-0.3, -0.25) is 0 Å². The maximum absolute atomic E-state index is 13.7. The highest BCUT2D eigenvalue weighted by molar-refractivity contribution is 9.10. The maximum atomic E-state index is 13.7. The third kappa shape index (κ3) is 3.55. The van der Waals surface area contributed by atoms with Crippen molar-refractivity contribution in [1.29, 1.82) is 0 Å². The molecule has 0 aliphatic heterocycles. The van der Waals surface area contributed by atoms with Crippen molar-refractivity contribution in [2.24, 2.45) is 0 Å². The minimum absolute atomic E-state index is 0.0671. The Morgan fingerprint density at radius 1 is 1.00 bits per heavy atom. The van der Waals surface area contributed by atoms with Gasteiger partial charge in [0.1, 0.15) is 12.4 Å². The molecule has 0 saturated carbocycles. The summed E-state index contributed by atoms with van der Waals surface area (Å²) in [4.78, 5) is 0. The highest BCUT2D eigenvalue weighted by atomic mass is 79.9. The summed E-state index contributed by atoms with van der Waals surface area (Å²) in [7, 11) is 0. The van der Waals surface area contributed by atoms with Crippen LogP contribution in [0.15, 0.2) is 34.8 Å². The normalized spacial score (nSPS) is 10.7. The van der Waals surface area contributed by atoms with Gasteiger partial charge in [0.25, 0.3) is 0 Å². The lowest BCUT2D eigenvalue weighted by atomic mass is 10.2. The van der Waals surface area contributed by atoms with Crippen molar-refractivity contribution in [3.63, 3.8) is 0 Å². The van der Waals surface area contributed by atoms with E-state index in [0.717, 1.165) is 0 Å². The van der Waals surface area contributed by atoms with Gasteiger partial charge in [-0.1, -0.05) is 37.9 Å². The van der Waals surface area contributed by atoms with Gasteiger partial charge < -0.3 is 4.74 Å². The van der Waals surface area contributed by atoms with E-state index >= 15 is 0 Å². The third-order valence-corrected chi connectivity index (χ3v) is 3.99. The molecule has 0 heterocycles. The fraction of sp³-hybridized carbons (Fsp3) is 0.143. The zero-order valence-electron chi connectivity index (χ0n) is 10.1. The molecule has 20 heavy (non-hydrogen) atoms. The van der Waals surface area contributed by atoms with E-state index in [4.69, 9.17) is 4.74 Å². The molecule has 0 unspecified atom stereocenters. The number of ether oxygens (including phenoxy) is 1. The summed E-state index contributed by atoms with van der Waals surface area (Å²) in [6.45, 7) is -0.0671. The molecule has 0 bridgehead atoms. The zero-order chi connectivity index (χ0) is 14.7. The van der Waals surface area contributed by atoms with Gasteiger partial charge >= 0.3 is 0 Å². The lowest BCUT2D eigenvalue weighted by Gasteiger charge is -2.10. The Kier molecular flexibility index (Phi) is 5.10. The standard InChI is InChI=1S/C14H9Br2F3O/c15-6-8-3-12(18)14(13(19)4-8)20-7-9-1-2-10(17)5-11(9)16/h1-5H,6-7H2. The predicted octanol–water partition coefficient (Wildman–Crippen LogP) is 5.34. The number of alkyl halides is 1. The molecule has 6 heteroatoms. The number of hydrogen-bond donors (Lipinski definition) is 0.